The zero-order valence-corrected chi connectivity index (χ0v) is 10.7. The van der Waals surface area contributed by atoms with Crippen molar-refractivity contribution in [1.29, 1.82) is 0 Å². The quantitative estimate of drug-likeness (QED) is 0.574. The minimum absolute atomic E-state index is 0.222. The Morgan fingerprint density at radius 1 is 1.61 bits per heavy atom. The second-order valence-electron chi connectivity index (χ2n) is 3.43. The summed E-state index contributed by atoms with van der Waals surface area (Å²) in [6.07, 6.45) is 4.85. The lowest BCUT2D eigenvalue weighted by atomic mass is 10.2. The summed E-state index contributed by atoms with van der Waals surface area (Å²) in [6, 6.07) is 3.53. The Labute approximate surface area is 113 Å². The van der Waals surface area contributed by atoms with Crippen LogP contribution in [0, 0.1) is 0 Å². The molecule has 92 valence electrons. The molecule has 1 aromatic rings. The molecule has 0 saturated carbocycles. The lowest BCUT2D eigenvalue weighted by molar-refractivity contribution is -0.305. The van der Waals surface area contributed by atoms with Crippen LogP contribution in [0.4, 0.5) is 0 Å². The topological polar surface area (TPSA) is 73.3 Å². The normalized spacial score (nSPS) is 17.6. The Hall–Kier alpha value is -1.73. The van der Waals surface area contributed by atoms with Crippen molar-refractivity contribution in [2.45, 2.75) is 0 Å². The monoisotopic (exact) mass is 279 g/mol. The number of carbonyl (C=O) groups is 2. The van der Waals surface area contributed by atoms with Crippen LogP contribution in [0.15, 0.2) is 29.4 Å². The third-order valence-electron chi connectivity index (χ3n) is 2.14. The van der Waals surface area contributed by atoms with Gasteiger partial charge in [0.1, 0.15) is 4.32 Å². The van der Waals surface area contributed by atoms with E-state index in [2.05, 4.69) is 4.98 Å². The molecule has 0 aliphatic carbocycles. The molecule has 1 fully saturated rings. The summed E-state index contributed by atoms with van der Waals surface area (Å²) in [6.45, 7) is -0.519. The van der Waals surface area contributed by atoms with Crippen LogP contribution >= 0.6 is 24.0 Å². The van der Waals surface area contributed by atoms with Crippen LogP contribution in [-0.2, 0) is 9.59 Å². The van der Waals surface area contributed by atoms with Gasteiger partial charge in [-0.3, -0.25) is 14.7 Å². The van der Waals surface area contributed by atoms with Crippen LogP contribution in [0.25, 0.3) is 6.08 Å². The van der Waals surface area contributed by atoms with Gasteiger partial charge in [0, 0.05) is 12.4 Å². The van der Waals surface area contributed by atoms with E-state index < -0.39 is 18.4 Å². The molecule has 5 nitrogen and oxygen atoms in total. The summed E-state index contributed by atoms with van der Waals surface area (Å²) in [5, 5.41) is 10.5. The number of aromatic nitrogens is 1. The smallest absolute Gasteiger partial charge is 0.266 e. The summed E-state index contributed by atoms with van der Waals surface area (Å²) in [5.41, 5.74) is 0.756. The molecular weight excluding hydrogens is 272 g/mol. The fraction of sp³-hybridized carbons (Fsp3) is 0.0909. The lowest BCUT2D eigenvalue weighted by Crippen LogP contribution is -2.40. The van der Waals surface area contributed by atoms with Gasteiger partial charge in [0.2, 0.25) is 0 Å². The molecule has 2 heterocycles. The second kappa shape index (κ2) is 5.28. The van der Waals surface area contributed by atoms with Crippen LogP contribution in [0.2, 0.25) is 0 Å². The third kappa shape index (κ3) is 2.74. The van der Waals surface area contributed by atoms with Gasteiger partial charge in [0.15, 0.2) is 0 Å². The van der Waals surface area contributed by atoms with Crippen LogP contribution < -0.4 is 5.11 Å². The summed E-state index contributed by atoms with van der Waals surface area (Å²) >= 11 is 6.02. The number of thioether (sulfide) groups is 1. The van der Waals surface area contributed by atoms with Crippen molar-refractivity contribution in [3.63, 3.8) is 0 Å². The third-order valence-corrected chi connectivity index (χ3v) is 3.52. The Kier molecular flexibility index (Phi) is 3.73. The second-order valence-corrected chi connectivity index (χ2v) is 5.10. The highest BCUT2D eigenvalue weighted by Crippen LogP contribution is 2.31. The maximum Gasteiger partial charge on any atom is 0.266 e. The number of hydrogen-bond acceptors (Lipinski definition) is 6. The lowest BCUT2D eigenvalue weighted by Gasteiger charge is -2.14. The molecule has 0 unspecified atom stereocenters. The van der Waals surface area contributed by atoms with Crippen LogP contribution in [0.3, 0.4) is 0 Å². The van der Waals surface area contributed by atoms with Crippen molar-refractivity contribution >= 4 is 46.3 Å². The van der Waals surface area contributed by atoms with Crippen molar-refractivity contribution in [3.8, 4) is 0 Å². The van der Waals surface area contributed by atoms with Gasteiger partial charge in [-0.2, -0.15) is 0 Å². The van der Waals surface area contributed by atoms with Crippen LogP contribution in [-0.4, -0.2) is 32.6 Å². The number of carboxylic acids is 1. The van der Waals surface area contributed by atoms with E-state index in [0.29, 0.717) is 4.91 Å². The first-order valence-corrected chi connectivity index (χ1v) is 6.15. The number of carbonyl (C=O) groups excluding carboxylic acids is 2. The molecule has 1 aliphatic rings. The molecule has 1 aromatic heterocycles. The Balaban J connectivity index is 2.23. The molecule has 1 amide bonds. The molecule has 0 radical (unpaired) electrons. The van der Waals surface area contributed by atoms with E-state index >= 15 is 0 Å². The zero-order chi connectivity index (χ0) is 13.1. The molecule has 0 atom stereocenters. The minimum Gasteiger partial charge on any atom is -0.548 e. The summed E-state index contributed by atoms with van der Waals surface area (Å²) in [5.74, 6) is -1.76. The summed E-state index contributed by atoms with van der Waals surface area (Å²) in [4.78, 5) is 27.7. The Morgan fingerprint density at radius 3 is 3.00 bits per heavy atom. The molecule has 1 aliphatic heterocycles. The Morgan fingerprint density at radius 2 is 2.39 bits per heavy atom. The highest BCUT2D eigenvalue weighted by Gasteiger charge is 2.31. The first-order valence-electron chi connectivity index (χ1n) is 4.93. The standard InChI is InChI=1S/C11H8N2O3S2/c14-9(15)6-13-10(16)8(18-11(13)17)4-7-2-1-3-12-5-7/h1-5H,6H2,(H,14,15)/p-1/b8-4-. The molecule has 0 aromatic carbocycles. The van der Waals surface area contributed by atoms with Gasteiger partial charge in [0.05, 0.1) is 17.4 Å². The molecule has 7 heteroatoms. The van der Waals surface area contributed by atoms with Crippen molar-refractivity contribution in [1.82, 2.24) is 9.88 Å². The van der Waals surface area contributed by atoms with E-state index in [1.54, 1.807) is 30.6 Å². The Bertz CT molecular complexity index is 542. The first-order chi connectivity index (χ1) is 8.58. The number of thiocarbonyl (C=S) groups is 1. The summed E-state index contributed by atoms with van der Waals surface area (Å²) < 4.78 is 0.222. The molecule has 0 spiro atoms. The number of pyridine rings is 1. The van der Waals surface area contributed by atoms with Crippen LogP contribution in [0.5, 0.6) is 0 Å². The van der Waals surface area contributed by atoms with Crippen LogP contribution in [0.1, 0.15) is 5.56 Å². The number of aliphatic carboxylic acids is 1. The van der Waals surface area contributed by atoms with Gasteiger partial charge in [-0.15, -0.1) is 0 Å². The number of hydrogen-bond donors (Lipinski definition) is 0. The summed E-state index contributed by atoms with van der Waals surface area (Å²) in [7, 11) is 0. The molecule has 0 bridgehead atoms. The number of rotatable bonds is 3. The van der Waals surface area contributed by atoms with Gasteiger partial charge in [0.25, 0.3) is 5.91 Å². The highest BCUT2D eigenvalue weighted by atomic mass is 32.2. The molecule has 18 heavy (non-hydrogen) atoms. The number of carboxylic acid groups (broad SMARTS) is 1. The SMILES string of the molecule is O=C([O-])CN1C(=O)/C(=C/c2cccnc2)SC1=S. The predicted molar refractivity (Wildman–Crippen MR) is 69.1 cm³/mol. The van der Waals surface area contributed by atoms with E-state index in [1.807, 2.05) is 0 Å². The van der Waals surface area contributed by atoms with E-state index in [9.17, 15) is 14.7 Å². The maximum absolute atomic E-state index is 11.9. The van der Waals surface area contributed by atoms with Crippen molar-refractivity contribution in [2.24, 2.45) is 0 Å². The fourth-order valence-corrected chi connectivity index (χ4v) is 2.63. The molecular formula is C11H7N2O3S2-. The van der Waals surface area contributed by atoms with Gasteiger partial charge in [-0.05, 0) is 17.7 Å². The predicted octanol–water partition coefficient (Wildman–Crippen LogP) is 0.0327. The molecule has 2 rings (SSSR count). The van der Waals surface area contributed by atoms with Crippen molar-refractivity contribution < 1.29 is 14.7 Å². The van der Waals surface area contributed by atoms with Gasteiger partial charge in [-0.1, -0.05) is 30.0 Å². The van der Waals surface area contributed by atoms with Crippen molar-refractivity contribution in [2.75, 3.05) is 6.54 Å². The van der Waals surface area contributed by atoms with Gasteiger partial charge in [-0.25, -0.2) is 0 Å². The fourth-order valence-electron chi connectivity index (χ4n) is 1.38. The molecule has 1 saturated heterocycles. The number of nitrogens with zero attached hydrogens (tertiary/aromatic N) is 2. The highest BCUT2D eigenvalue weighted by molar-refractivity contribution is 8.26. The average Bonchev–Trinajstić information content (AvgIpc) is 2.58. The maximum atomic E-state index is 11.9. The van der Waals surface area contributed by atoms with Gasteiger partial charge < -0.3 is 9.90 Å². The van der Waals surface area contributed by atoms with E-state index in [-0.39, 0.29) is 4.32 Å². The van der Waals surface area contributed by atoms with Crippen molar-refractivity contribution in [3.05, 3.63) is 35.0 Å². The largest absolute Gasteiger partial charge is 0.548 e. The zero-order valence-electron chi connectivity index (χ0n) is 9.03. The first kappa shape index (κ1) is 12.7. The van der Waals surface area contributed by atoms with E-state index in [4.69, 9.17) is 12.2 Å². The van der Waals surface area contributed by atoms with Gasteiger partial charge >= 0.3 is 0 Å². The minimum atomic E-state index is -1.34. The number of amides is 1. The van der Waals surface area contributed by atoms with E-state index in [0.717, 1.165) is 22.2 Å². The average molecular weight is 279 g/mol. The molecule has 0 N–H and O–H groups in total. The van der Waals surface area contributed by atoms with E-state index in [1.165, 1.54) is 0 Å².